The van der Waals surface area contributed by atoms with Crippen LogP contribution in [0.1, 0.15) is 30.0 Å². The van der Waals surface area contributed by atoms with E-state index in [0.29, 0.717) is 17.2 Å². The number of nitrogens with zero attached hydrogens (tertiary/aromatic N) is 2. The number of hydrogen-bond donors (Lipinski definition) is 0. The van der Waals surface area contributed by atoms with Gasteiger partial charge in [0.1, 0.15) is 6.07 Å². The number of aromatic nitrogens is 1. The molecule has 0 amide bonds. The molecular weight excluding hydrogens is 204 g/mol. The minimum Gasteiger partial charge on any atom is -0.494 e. The van der Waals surface area contributed by atoms with Crippen molar-refractivity contribution >= 4 is 0 Å². The maximum Gasteiger partial charge on any atom is 0.154 e. The normalized spacial score (nSPS) is 16.8. The lowest BCUT2D eigenvalue weighted by molar-refractivity contribution is 0.0845. The molecule has 0 radical (unpaired) electrons. The van der Waals surface area contributed by atoms with E-state index in [1.807, 2.05) is 6.07 Å². The number of nitriles is 1. The second kappa shape index (κ2) is 4.95. The summed E-state index contributed by atoms with van der Waals surface area (Å²) in [6, 6.07) is 3.96. The molecule has 1 aliphatic rings. The van der Waals surface area contributed by atoms with Crippen molar-refractivity contribution in [2.45, 2.75) is 18.8 Å². The molecule has 2 heterocycles. The number of hydrogen-bond acceptors (Lipinski definition) is 4. The first kappa shape index (κ1) is 10.9. The maximum absolute atomic E-state index is 8.99. The molecule has 0 bridgehead atoms. The fraction of sp³-hybridized carbons (Fsp3) is 0.500. The van der Waals surface area contributed by atoms with E-state index in [2.05, 4.69) is 11.1 Å². The summed E-state index contributed by atoms with van der Waals surface area (Å²) in [5.74, 6) is 0.949. The van der Waals surface area contributed by atoms with Crippen LogP contribution in [0.15, 0.2) is 12.3 Å². The van der Waals surface area contributed by atoms with E-state index in [9.17, 15) is 0 Å². The molecule has 2 rings (SSSR count). The highest BCUT2D eigenvalue weighted by Crippen LogP contribution is 2.28. The predicted octanol–water partition coefficient (Wildman–Crippen LogP) is 1.86. The van der Waals surface area contributed by atoms with Gasteiger partial charge in [0.05, 0.1) is 18.9 Å². The van der Waals surface area contributed by atoms with Gasteiger partial charge in [0.15, 0.2) is 5.75 Å². The molecule has 0 aromatic carbocycles. The fourth-order valence-corrected chi connectivity index (χ4v) is 1.93. The van der Waals surface area contributed by atoms with E-state index in [0.717, 1.165) is 31.7 Å². The van der Waals surface area contributed by atoms with Crippen molar-refractivity contribution in [1.29, 1.82) is 5.26 Å². The van der Waals surface area contributed by atoms with Gasteiger partial charge in [-0.3, -0.25) is 4.98 Å². The Morgan fingerprint density at radius 1 is 1.50 bits per heavy atom. The molecule has 1 saturated heterocycles. The van der Waals surface area contributed by atoms with Crippen LogP contribution >= 0.6 is 0 Å². The average molecular weight is 218 g/mol. The van der Waals surface area contributed by atoms with Crippen LogP contribution in [0.3, 0.4) is 0 Å². The average Bonchev–Trinajstić information content (AvgIpc) is 2.39. The van der Waals surface area contributed by atoms with Gasteiger partial charge < -0.3 is 9.47 Å². The van der Waals surface area contributed by atoms with Crippen molar-refractivity contribution in [2.24, 2.45) is 0 Å². The van der Waals surface area contributed by atoms with Gasteiger partial charge in [0.2, 0.25) is 0 Å². The summed E-state index contributed by atoms with van der Waals surface area (Å²) < 4.78 is 10.4. The van der Waals surface area contributed by atoms with Gasteiger partial charge in [0, 0.05) is 24.8 Å². The Labute approximate surface area is 94.8 Å². The van der Waals surface area contributed by atoms with E-state index in [1.165, 1.54) is 0 Å². The summed E-state index contributed by atoms with van der Waals surface area (Å²) >= 11 is 0. The summed E-state index contributed by atoms with van der Waals surface area (Å²) in [7, 11) is 1.55. The zero-order valence-corrected chi connectivity index (χ0v) is 9.27. The molecule has 0 unspecified atom stereocenters. The summed E-state index contributed by atoms with van der Waals surface area (Å²) in [4.78, 5) is 4.35. The molecule has 84 valence electrons. The molecule has 0 N–H and O–H groups in total. The standard InChI is InChI=1S/C12H14N2O2/c1-15-12-8-14-11(6-10(12)7-13)9-2-4-16-5-3-9/h6,8-9H,2-5H2,1H3. The van der Waals surface area contributed by atoms with Crippen LogP contribution in [0, 0.1) is 11.3 Å². The Morgan fingerprint density at radius 2 is 2.25 bits per heavy atom. The molecule has 1 aliphatic heterocycles. The summed E-state index contributed by atoms with van der Waals surface area (Å²) in [5.41, 5.74) is 1.53. The minimum absolute atomic E-state index is 0.409. The zero-order chi connectivity index (χ0) is 11.4. The van der Waals surface area contributed by atoms with E-state index >= 15 is 0 Å². The van der Waals surface area contributed by atoms with Crippen molar-refractivity contribution in [1.82, 2.24) is 4.98 Å². The third-order valence-corrected chi connectivity index (χ3v) is 2.87. The quantitative estimate of drug-likeness (QED) is 0.760. The first-order valence-corrected chi connectivity index (χ1v) is 5.37. The van der Waals surface area contributed by atoms with Gasteiger partial charge in [-0.15, -0.1) is 0 Å². The predicted molar refractivity (Wildman–Crippen MR) is 58.3 cm³/mol. The van der Waals surface area contributed by atoms with Crippen LogP contribution in [-0.2, 0) is 4.74 Å². The molecular formula is C12H14N2O2. The molecule has 0 aliphatic carbocycles. The summed E-state index contributed by atoms with van der Waals surface area (Å²) in [6.07, 6.45) is 3.58. The Balaban J connectivity index is 2.25. The second-order valence-electron chi connectivity index (χ2n) is 3.81. The van der Waals surface area contributed by atoms with Crippen molar-refractivity contribution in [3.05, 3.63) is 23.5 Å². The molecule has 1 aromatic heterocycles. The first-order valence-electron chi connectivity index (χ1n) is 5.37. The first-order chi connectivity index (χ1) is 7.85. The lowest BCUT2D eigenvalue weighted by Crippen LogP contribution is -2.15. The minimum atomic E-state index is 0.409. The molecule has 0 atom stereocenters. The topological polar surface area (TPSA) is 55.1 Å². The van der Waals surface area contributed by atoms with Crippen LogP contribution in [0.2, 0.25) is 0 Å². The van der Waals surface area contributed by atoms with Crippen LogP contribution < -0.4 is 4.74 Å². The van der Waals surface area contributed by atoms with E-state index in [1.54, 1.807) is 13.3 Å². The Bertz CT molecular complexity index is 406. The van der Waals surface area contributed by atoms with Gasteiger partial charge in [0.25, 0.3) is 0 Å². The molecule has 1 aromatic rings. The monoisotopic (exact) mass is 218 g/mol. The van der Waals surface area contributed by atoms with Crippen LogP contribution in [0.25, 0.3) is 0 Å². The maximum atomic E-state index is 8.99. The second-order valence-corrected chi connectivity index (χ2v) is 3.81. The van der Waals surface area contributed by atoms with Gasteiger partial charge in [-0.1, -0.05) is 0 Å². The van der Waals surface area contributed by atoms with Crippen LogP contribution in [0.4, 0.5) is 0 Å². The van der Waals surface area contributed by atoms with E-state index in [-0.39, 0.29) is 0 Å². The van der Waals surface area contributed by atoms with Gasteiger partial charge in [-0.25, -0.2) is 0 Å². The molecule has 0 spiro atoms. The number of rotatable bonds is 2. The van der Waals surface area contributed by atoms with Crippen molar-refractivity contribution in [2.75, 3.05) is 20.3 Å². The van der Waals surface area contributed by atoms with Gasteiger partial charge in [-0.2, -0.15) is 5.26 Å². The van der Waals surface area contributed by atoms with Crippen LogP contribution in [-0.4, -0.2) is 25.3 Å². The third-order valence-electron chi connectivity index (χ3n) is 2.87. The lowest BCUT2D eigenvalue weighted by atomic mass is 9.95. The van der Waals surface area contributed by atoms with E-state index in [4.69, 9.17) is 14.7 Å². The van der Waals surface area contributed by atoms with Crippen molar-refractivity contribution in [3.8, 4) is 11.8 Å². The Hall–Kier alpha value is -1.60. The molecule has 4 heteroatoms. The summed E-state index contributed by atoms with van der Waals surface area (Å²) in [6.45, 7) is 1.56. The van der Waals surface area contributed by atoms with Gasteiger partial charge in [-0.05, 0) is 18.9 Å². The van der Waals surface area contributed by atoms with Crippen molar-refractivity contribution in [3.63, 3.8) is 0 Å². The number of ether oxygens (including phenoxy) is 2. The third kappa shape index (κ3) is 2.15. The largest absolute Gasteiger partial charge is 0.494 e. The highest BCUT2D eigenvalue weighted by atomic mass is 16.5. The highest BCUT2D eigenvalue weighted by molar-refractivity contribution is 5.42. The van der Waals surface area contributed by atoms with Gasteiger partial charge >= 0.3 is 0 Å². The van der Waals surface area contributed by atoms with E-state index < -0.39 is 0 Å². The fourth-order valence-electron chi connectivity index (χ4n) is 1.93. The molecule has 0 saturated carbocycles. The number of pyridine rings is 1. The summed E-state index contributed by atoms with van der Waals surface area (Å²) in [5, 5.41) is 8.99. The number of methoxy groups -OCH3 is 1. The lowest BCUT2D eigenvalue weighted by Gasteiger charge is -2.21. The van der Waals surface area contributed by atoms with Crippen LogP contribution in [0.5, 0.6) is 5.75 Å². The zero-order valence-electron chi connectivity index (χ0n) is 9.27. The smallest absolute Gasteiger partial charge is 0.154 e. The Kier molecular flexibility index (Phi) is 3.37. The highest BCUT2D eigenvalue weighted by Gasteiger charge is 2.18. The molecule has 16 heavy (non-hydrogen) atoms. The SMILES string of the molecule is COc1cnc(C2CCOCC2)cc1C#N. The Morgan fingerprint density at radius 3 is 2.88 bits per heavy atom. The molecule has 4 nitrogen and oxygen atoms in total. The molecule has 1 fully saturated rings. The van der Waals surface area contributed by atoms with Crippen molar-refractivity contribution < 1.29 is 9.47 Å².